The smallest absolute Gasteiger partial charge is 0.435 e. The molecule has 1 saturated carbocycles. The summed E-state index contributed by atoms with van der Waals surface area (Å²) >= 11 is 6.25. The van der Waals surface area contributed by atoms with Crippen molar-refractivity contribution in [3.8, 4) is 0 Å². The molecule has 1 aromatic carbocycles. The Labute approximate surface area is 199 Å². The fraction of sp³-hybridized carbons (Fsp3) is 0.522. The minimum atomic E-state index is -3.47. The van der Waals surface area contributed by atoms with Gasteiger partial charge < -0.3 is 10.1 Å². The lowest BCUT2D eigenvalue weighted by Gasteiger charge is -2.21. The molecule has 3 rings (SSSR count). The van der Waals surface area contributed by atoms with Gasteiger partial charge in [0.25, 0.3) is 0 Å². The lowest BCUT2D eigenvalue weighted by atomic mass is 9.87. The standard InChI is InChI=1S/C23H30ClN3O5S/c1-23(2,3)32-22(29)27-12-11-20(26-27)25-21(28)17(13-15-7-5-6-8-15)16-9-10-19(18(24)14-16)33(4,30)31/h9-12,14-15,17H,5-8,13H2,1-4H3,(H,25,26,28). The first-order valence-electron chi connectivity index (χ1n) is 10.9. The fourth-order valence-corrected chi connectivity index (χ4v) is 5.36. The third-order valence-electron chi connectivity index (χ3n) is 5.54. The number of rotatable bonds is 6. The number of aromatic nitrogens is 2. The zero-order chi connectivity index (χ0) is 24.4. The fourth-order valence-electron chi connectivity index (χ4n) is 4.02. The highest BCUT2D eigenvalue weighted by Crippen LogP contribution is 2.36. The van der Waals surface area contributed by atoms with Crippen LogP contribution in [0.4, 0.5) is 10.6 Å². The zero-order valence-electron chi connectivity index (χ0n) is 19.3. The van der Waals surface area contributed by atoms with Crippen LogP contribution in [0.2, 0.25) is 5.02 Å². The van der Waals surface area contributed by atoms with E-state index in [2.05, 4.69) is 10.4 Å². The summed E-state index contributed by atoms with van der Waals surface area (Å²) in [4.78, 5) is 25.5. The normalized spacial score (nSPS) is 15.9. The van der Waals surface area contributed by atoms with Crippen molar-refractivity contribution in [1.82, 2.24) is 9.78 Å². The first kappa shape index (κ1) is 25.2. The molecule has 1 aromatic heterocycles. The minimum Gasteiger partial charge on any atom is -0.442 e. The average Bonchev–Trinajstić information content (AvgIpc) is 3.35. The van der Waals surface area contributed by atoms with Crippen LogP contribution >= 0.6 is 11.6 Å². The number of hydrogen-bond donors (Lipinski definition) is 1. The number of nitrogens with zero attached hydrogens (tertiary/aromatic N) is 2. The molecule has 0 saturated heterocycles. The van der Waals surface area contributed by atoms with Gasteiger partial charge >= 0.3 is 6.09 Å². The number of carbonyl (C=O) groups is 2. The molecule has 1 atom stereocenters. The van der Waals surface area contributed by atoms with E-state index in [0.717, 1.165) is 36.6 Å². The van der Waals surface area contributed by atoms with Gasteiger partial charge in [0.05, 0.1) is 15.8 Å². The topological polar surface area (TPSA) is 107 Å². The Bertz CT molecular complexity index is 1130. The van der Waals surface area contributed by atoms with Gasteiger partial charge in [-0.3, -0.25) is 4.79 Å². The van der Waals surface area contributed by atoms with Gasteiger partial charge in [0.1, 0.15) is 5.60 Å². The highest BCUT2D eigenvalue weighted by atomic mass is 35.5. The molecule has 1 amide bonds. The maximum atomic E-state index is 13.3. The van der Waals surface area contributed by atoms with Crippen LogP contribution in [0, 0.1) is 5.92 Å². The molecule has 0 bridgehead atoms. The van der Waals surface area contributed by atoms with Crippen molar-refractivity contribution in [2.45, 2.75) is 69.3 Å². The number of halogens is 1. The molecular weight excluding hydrogens is 466 g/mol. The summed E-state index contributed by atoms with van der Waals surface area (Å²) in [6.07, 6.45) is 6.85. The Morgan fingerprint density at radius 1 is 1.24 bits per heavy atom. The van der Waals surface area contributed by atoms with E-state index in [1.807, 2.05) is 0 Å². The largest absolute Gasteiger partial charge is 0.442 e. The zero-order valence-corrected chi connectivity index (χ0v) is 20.9. The van der Waals surface area contributed by atoms with Crippen LogP contribution < -0.4 is 5.32 Å². The van der Waals surface area contributed by atoms with Gasteiger partial charge in [-0.1, -0.05) is 43.4 Å². The van der Waals surface area contributed by atoms with E-state index in [-0.39, 0.29) is 21.6 Å². The molecule has 8 nitrogen and oxygen atoms in total. The summed E-state index contributed by atoms with van der Waals surface area (Å²) in [6, 6.07) is 6.16. The molecule has 1 aliphatic rings. The van der Waals surface area contributed by atoms with Gasteiger partial charge in [-0.25, -0.2) is 13.2 Å². The second-order valence-electron chi connectivity index (χ2n) is 9.52. The van der Waals surface area contributed by atoms with Crippen molar-refractivity contribution in [3.63, 3.8) is 0 Å². The van der Waals surface area contributed by atoms with E-state index in [0.29, 0.717) is 17.9 Å². The average molecular weight is 496 g/mol. The first-order valence-corrected chi connectivity index (χ1v) is 13.2. The molecule has 180 valence electrons. The Morgan fingerprint density at radius 3 is 2.48 bits per heavy atom. The molecule has 33 heavy (non-hydrogen) atoms. The molecule has 1 N–H and O–H groups in total. The van der Waals surface area contributed by atoms with Gasteiger partial charge in [-0.15, -0.1) is 5.10 Å². The maximum absolute atomic E-state index is 13.3. The van der Waals surface area contributed by atoms with Gasteiger partial charge in [0.15, 0.2) is 15.7 Å². The highest BCUT2D eigenvalue weighted by Gasteiger charge is 2.28. The van der Waals surface area contributed by atoms with Crippen LogP contribution in [0.3, 0.4) is 0 Å². The van der Waals surface area contributed by atoms with Crippen LogP contribution in [0.15, 0.2) is 35.4 Å². The second kappa shape index (κ2) is 9.85. The molecule has 1 unspecified atom stereocenters. The third kappa shape index (κ3) is 6.80. The van der Waals surface area contributed by atoms with Gasteiger partial charge in [0, 0.05) is 18.5 Å². The third-order valence-corrected chi connectivity index (χ3v) is 7.12. The molecule has 0 radical (unpaired) electrons. The van der Waals surface area contributed by atoms with Crippen molar-refractivity contribution in [2.24, 2.45) is 5.92 Å². The van der Waals surface area contributed by atoms with Crippen LogP contribution in [0.25, 0.3) is 0 Å². The van der Waals surface area contributed by atoms with E-state index in [4.69, 9.17) is 16.3 Å². The van der Waals surface area contributed by atoms with Crippen molar-refractivity contribution in [2.75, 3.05) is 11.6 Å². The quantitative estimate of drug-likeness (QED) is 0.602. The number of hydrogen-bond acceptors (Lipinski definition) is 6. The van der Waals surface area contributed by atoms with Crippen molar-refractivity contribution in [3.05, 3.63) is 41.0 Å². The molecular formula is C23H30ClN3O5S. The van der Waals surface area contributed by atoms with Gasteiger partial charge in [-0.05, 0) is 50.8 Å². The lowest BCUT2D eigenvalue weighted by molar-refractivity contribution is -0.118. The molecule has 0 aliphatic heterocycles. The van der Waals surface area contributed by atoms with Crippen LogP contribution in [-0.4, -0.2) is 42.1 Å². The summed E-state index contributed by atoms with van der Waals surface area (Å²) in [7, 11) is -3.47. The predicted molar refractivity (Wildman–Crippen MR) is 126 cm³/mol. The summed E-state index contributed by atoms with van der Waals surface area (Å²) in [5.41, 5.74) is -0.0284. The minimum absolute atomic E-state index is 0.0315. The number of ether oxygens (including phenoxy) is 1. The predicted octanol–water partition coefficient (Wildman–Crippen LogP) is 5.03. The summed E-state index contributed by atoms with van der Waals surface area (Å²) in [5.74, 6) is -0.208. The summed E-state index contributed by atoms with van der Waals surface area (Å²) in [5, 5.41) is 6.98. The number of benzene rings is 1. The Morgan fingerprint density at radius 2 is 1.91 bits per heavy atom. The number of anilines is 1. The van der Waals surface area contributed by atoms with Crippen LogP contribution in [-0.2, 0) is 19.4 Å². The van der Waals surface area contributed by atoms with Crippen molar-refractivity contribution >= 4 is 39.3 Å². The monoisotopic (exact) mass is 495 g/mol. The molecule has 1 heterocycles. The second-order valence-corrected chi connectivity index (χ2v) is 11.9. The van der Waals surface area contributed by atoms with Crippen molar-refractivity contribution < 1.29 is 22.7 Å². The molecule has 1 fully saturated rings. The number of nitrogens with one attached hydrogen (secondary N) is 1. The number of sulfone groups is 1. The number of amides is 1. The molecule has 2 aromatic rings. The SMILES string of the molecule is CC(C)(C)OC(=O)n1ccc(NC(=O)C(CC2CCCC2)c2ccc(S(C)(=O)=O)c(Cl)c2)n1. The van der Waals surface area contributed by atoms with E-state index in [1.165, 1.54) is 18.3 Å². The Kier molecular flexibility index (Phi) is 7.53. The maximum Gasteiger partial charge on any atom is 0.435 e. The number of carbonyl (C=O) groups excluding carboxylic acids is 2. The van der Waals surface area contributed by atoms with E-state index in [1.54, 1.807) is 32.9 Å². The molecule has 10 heteroatoms. The summed E-state index contributed by atoms with van der Waals surface area (Å²) < 4.78 is 30.2. The van der Waals surface area contributed by atoms with Crippen LogP contribution in [0.5, 0.6) is 0 Å². The van der Waals surface area contributed by atoms with Crippen molar-refractivity contribution in [1.29, 1.82) is 0 Å². The Balaban J connectivity index is 1.82. The molecule has 0 spiro atoms. The van der Waals surface area contributed by atoms with Gasteiger partial charge in [-0.2, -0.15) is 4.68 Å². The Hall–Kier alpha value is -2.39. The van der Waals surface area contributed by atoms with E-state index >= 15 is 0 Å². The summed E-state index contributed by atoms with van der Waals surface area (Å²) in [6.45, 7) is 5.26. The molecule has 1 aliphatic carbocycles. The van der Waals surface area contributed by atoms with Gasteiger partial charge in [0.2, 0.25) is 5.91 Å². The highest BCUT2D eigenvalue weighted by molar-refractivity contribution is 7.90. The van der Waals surface area contributed by atoms with E-state index < -0.39 is 27.4 Å². The lowest BCUT2D eigenvalue weighted by Crippen LogP contribution is -2.27. The van der Waals surface area contributed by atoms with E-state index in [9.17, 15) is 18.0 Å². The van der Waals surface area contributed by atoms with Crippen LogP contribution in [0.1, 0.15) is 64.4 Å². The first-order chi connectivity index (χ1) is 15.3.